The van der Waals surface area contributed by atoms with Crippen molar-refractivity contribution < 1.29 is 19.0 Å². The second-order valence-electron chi connectivity index (χ2n) is 4.85. The molecule has 0 spiro atoms. The summed E-state index contributed by atoms with van der Waals surface area (Å²) in [5.41, 5.74) is 0.415. The van der Waals surface area contributed by atoms with Crippen molar-refractivity contribution in [3.8, 4) is 17.2 Å². The van der Waals surface area contributed by atoms with Crippen molar-refractivity contribution in [3.05, 3.63) is 17.7 Å². The van der Waals surface area contributed by atoms with Gasteiger partial charge in [-0.3, -0.25) is 4.79 Å². The Morgan fingerprint density at radius 3 is 2.24 bits per heavy atom. The molecule has 0 aromatic heterocycles. The monoisotopic (exact) mass is 359 g/mol. The number of rotatable bonds is 7. The van der Waals surface area contributed by atoms with Gasteiger partial charge in [-0.15, -0.1) is 0 Å². The molecule has 0 bridgehead atoms. The van der Waals surface area contributed by atoms with Crippen molar-refractivity contribution in [1.82, 2.24) is 5.32 Å². The molecule has 1 aromatic carbocycles. The van der Waals surface area contributed by atoms with Gasteiger partial charge in [-0.25, -0.2) is 0 Å². The Bertz CT molecular complexity index is 491. The van der Waals surface area contributed by atoms with Crippen molar-refractivity contribution >= 4 is 21.8 Å². The van der Waals surface area contributed by atoms with E-state index < -0.39 is 0 Å². The van der Waals surface area contributed by atoms with E-state index in [1.165, 1.54) is 21.3 Å². The predicted molar refractivity (Wildman–Crippen MR) is 86.0 cm³/mol. The summed E-state index contributed by atoms with van der Waals surface area (Å²) in [6, 6.07) is 3.35. The molecule has 21 heavy (non-hydrogen) atoms. The van der Waals surface area contributed by atoms with Crippen LogP contribution in [0.1, 0.15) is 24.2 Å². The summed E-state index contributed by atoms with van der Waals surface area (Å²) in [5.74, 6) is 1.51. The minimum absolute atomic E-state index is 0.210. The van der Waals surface area contributed by atoms with Gasteiger partial charge in [-0.1, -0.05) is 29.8 Å². The van der Waals surface area contributed by atoms with Crippen LogP contribution in [0.3, 0.4) is 0 Å². The topological polar surface area (TPSA) is 56.8 Å². The van der Waals surface area contributed by atoms with Gasteiger partial charge in [0.1, 0.15) is 0 Å². The molecule has 1 rings (SSSR count). The van der Waals surface area contributed by atoms with Crippen molar-refractivity contribution in [2.45, 2.75) is 18.7 Å². The van der Waals surface area contributed by atoms with Gasteiger partial charge in [-0.2, -0.15) is 0 Å². The summed E-state index contributed by atoms with van der Waals surface area (Å²) in [6.07, 6.45) is 0. The van der Waals surface area contributed by atoms with E-state index in [1.807, 2.05) is 0 Å². The van der Waals surface area contributed by atoms with Gasteiger partial charge in [0, 0.05) is 11.4 Å². The summed E-state index contributed by atoms with van der Waals surface area (Å²) in [6.45, 7) is 4.71. The minimum Gasteiger partial charge on any atom is -0.493 e. The number of carbonyl (C=O) groups excluding carboxylic acids is 1. The molecule has 0 saturated heterocycles. The first-order valence-electron chi connectivity index (χ1n) is 6.67. The van der Waals surface area contributed by atoms with Crippen LogP contribution in [0.2, 0.25) is 0 Å². The Hall–Kier alpha value is -1.43. The number of nitrogens with one attached hydrogen (secondary N) is 1. The fourth-order valence-electron chi connectivity index (χ4n) is 1.80. The lowest BCUT2D eigenvalue weighted by Gasteiger charge is -2.17. The third-order valence-corrected chi connectivity index (χ3v) is 4.51. The number of hydrogen-bond acceptors (Lipinski definition) is 4. The predicted octanol–water partition coefficient (Wildman–Crippen LogP) is 2.86. The van der Waals surface area contributed by atoms with Crippen LogP contribution < -0.4 is 19.5 Å². The molecular formula is C15H22BrNO4. The summed E-state index contributed by atoms with van der Waals surface area (Å²) >= 11 is 3.54. The average molecular weight is 360 g/mol. The first kappa shape index (κ1) is 17.6. The molecule has 6 heteroatoms. The molecule has 1 atom stereocenters. The average Bonchev–Trinajstić information content (AvgIpc) is 2.49. The Kier molecular flexibility index (Phi) is 6.81. The highest BCUT2D eigenvalue weighted by Crippen LogP contribution is 2.39. The highest BCUT2D eigenvalue weighted by Gasteiger charge is 2.21. The van der Waals surface area contributed by atoms with Crippen LogP contribution in [0.15, 0.2) is 12.1 Å². The van der Waals surface area contributed by atoms with Crippen LogP contribution in [-0.2, 0) is 0 Å². The Morgan fingerprint density at radius 1 is 1.14 bits per heavy atom. The molecule has 1 unspecified atom stereocenters. The second-order valence-corrected chi connectivity index (χ2v) is 6.03. The SMILES string of the molecule is COc1ccc(C(=O)NCC(Br)C(C)C)c(OC)c1OC. The first-order chi connectivity index (χ1) is 9.96. The number of alkyl halides is 1. The smallest absolute Gasteiger partial charge is 0.255 e. The number of carbonyl (C=O) groups is 1. The number of methoxy groups -OCH3 is 3. The summed E-state index contributed by atoms with van der Waals surface area (Å²) < 4.78 is 15.8. The van der Waals surface area contributed by atoms with E-state index in [1.54, 1.807) is 12.1 Å². The van der Waals surface area contributed by atoms with E-state index >= 15 is 0 Å². The maximum absolute atomic E-state index is 12.3. The lowest BCUT2D eigenvalue weighted by atomic mass is 10.1. The number of hydrogen-bond donors (Lipinski definition) is 1. The molecule has 0 aliphatic carbocycles. The minimum atomic E-state index is -0.210. The van der Waals surface area contributed by atoms with E-state index in [2.05, 4.69) is 35.1 Å². The van der Waals surface area contributed by atoms with E-state index in [-0.39, 0.29) is 10.7 Å². The van der Waals surface area contributed by atoms with Crippen LogP contribution >= 0.6 is 15.9 Å². The third-order valence-electron chi connectivity index (χ3n) is 3.13. The van der Waals surface area contributed by atoms with Crippen LogP contribution in [0.5, 0.6) is 17.2 Å². The first-order valence-corrected chi connectivity index (χ1v) is 7.59. The van der Waals surface area contributed by atoms with Crippen molar-refractivity contribution in [2.75, 3.05) is 27.9 Å². The number of ether oxygens (including phenoxy) is 3. The van der Waals surface area contributed by atoms with Crippen molar-refractivity contribution in [2.24, 2.45) is 5.92 Å². The zero-order chi connectivity index (χ0) is 16.0. The zero-order valence-corrected chi connectivity index (χ0v) is 14.6. The molecule has 1 aromatic rings. The van der Waals surface area contributed by atoms with Gasteiger partial charge in [0.25, 0.3) is 5.91 Å². The van der Waals surface area contributed by atoms with Crippen LogP contribution in [-0.4, -0.2) is 38.6 Å². The summed E-state index contributed by atoms with van der Waals surface area (Å²) in [7, 11) is 4.54. The maximum Gasteiger partial charge on any atom is 0.255 e. The quantitative estimate of drug-likeness (QED) is 0.760. The molecule has 0 fully saturated rings. The number of halogens is 1. The lowest BCUT2D eigenvalue weighted by Crippen LogP contribution is -2.32. The highest BCUT2D eigenvalue weighted by atomic mass is 79.9. The molecule has 5 nitrogen and oxygen atoms in total. The molecular weight excluding hydrogens is 338 g/mol. The van der Waals surface area contributed by atoms with Gasteiger partial charge < -0.3 is 19.5 Å². The Labute approximate surface area is 134 Å². The van der Waals surface area contributed by atoms with Gasteiger partial charge in [0.15, 0.2) is 11.5 Å². The van der Waals surface area contributed by atoms with Gasteiger partial charge in [0.05, 0.1) is 26.9 Å². The van der Waals surface area contributed by atoms with Gasteiger partial charge in [-0.05, 0) is 18.1 Å². The fourth-order valence-corrected chi connectivity index (χ4v) is 1.96. The molecule has 0 saturated carbocycles. The van der Waals surface area contributed by atoms with Gasteiger partial charge in [0.2, 0.25) is 5.75 Å². The standard InChI is InChI=1S/C15H22BrNO4/c1-9(2)11(16)8-17-15(18)10-6-7-12(19-3)14(21-5)13(10)20-4/h6-7,9,11H,8H2,1-5H3,(H,17,18). The van der Waals surface area contributed by atoms with Gasteiger partial charge >= 0.3 is 0 Å². The lowest BCUT2D eigenvalue weighted by molar-refractivity contribution is 0.0949. The molecule has 1 amide bonds. The molecule has 0 aliphatic rings. The number of benzene rings is 1. The molecule has 0 aliphatic heterocycles. The van der Waals surface area contributed by atoms with E-state index in [9.17, 15) is 4.79 Å². The van der Waals surface area contributed by atoms with Crippen LogP contribution in [0.4, 0.5) is 0 Å². The third kappa shape index (κ3) is 4.27. The normalized spacial score (nSPS) is 12.0. The van der Waals surface area contributed by atoms with E-state index in [4.69, 9.17) is 14.2 Å². The molecule has 0 radical (unpaired) electrons. The molecule has 118 valence electrons. The fraction of sp³-hybridized carbons (Fsp3) is 0.533. The largest absolute Gasteiger partial charge is 0.493 e. The van der Waals surface area contributed by atoms with Crippen LogP contribution in [0.25, 0.3) is 0 Å². The number of amides is 1. The second kappa shape index (κ2) is 8.12. The maximum atomic E-state index is 12.3. The summed E-state index contributed by atoms with van der Waals surface area (Å²) in [4.78, 5) is 12.5. The van der Waals surface area contributed by atoms with E-state index in [0.29, 0.717) is 35.3 Å². The molecule has 0 heterocycles. The Morgan fingerprint density at radius 2 is 1.76 bits per heavy atom. The zero-order valence-electron chi connectivity index (χ0n) is 13.0. The van der Waals surface area contributed by atoms with Crippen molar-refractivity contribution in [1.29, 1.82) is 0 Å². The van der Waals surface area contributed by atoms with Crippen LogP contribution in [0, 0.1) is 5.92 Å². The van der Waals surface area contributed by atoms with Crippen molar-refractivity contribution in [3.63, 3.8) is 0 Å². The highest BCUT2D eigenvalue weighted by molar-refractivity contribution is 9.09. The molecule has 1 N–H and O–H groups in total. The van der Waals surface area contributed by atoms with E-state index in [0.717, 1.165) is 0 Å². The summed E-state index contributed by atoms with van der Waals surface area (Å²) in [5, 5.41) is 2.88. The Balaban J connectivity index is 2.99.